The molecule has 8 nitrogen and oxygen atoms in total. The predicted molar refractivity (Wildman–Crippen MR) is 93.1 cm³/mol. The lowest BCUT2D eigenvalue weighted by Crippen LogP contribution is -2.50. The van der Waals surface area contributed by atoms with Crippen LogP contribution < -0.4 is 5.32 Å². The molecule has 2 aliphatic rings. The number of carbonyl (C=O) groups is 2. The zero-order chi connectivity index (χ0) is 18.2. The number of piperidine rings is 1. The van der Waals surface area contributed by atoms with Crippen molar-refractivity contribution in [3.63, 3.8) is 0 Å². The van der Waals surface area contributed by atoms with Crippen LogP contribution in [0.5, 0.6) is 0 Å². The van der Waals surface area contributed by atoms with Crippen molar-refractivity contribution in [1.82, 2.24) is 29.9 Å². The monoisotopic (exact) mass is 348 g/mol. The van der Waals surface area contributed by atoms with Crippen LogP contribution in [-0.4, -0.2) is 75.1 Å². The summed E-state index contributed by atoms with van der Waals surface area (Å²) in [7, 11) is 1.86. The number of likely N-dealkylation sites (N-methyl/N-ethyl adjacent to an activating group) is 1. The summed E-state index contributed by atoms with van der Waals surface area (Å²) in [6, 6.07) is 0.130. The van der Waals surface area contributed by atoms with Crippen LogP contribution >= 0.6 is 0 Å². The Labute approximate surface area is 148 Å². The molecule has 1 aromatic rings. The molecular weight excluding hydrogens is 320 g/mol. The van der Waals surface area contributed by atoms with E-state index in [4.69, 9.17) is 0 Å². The molecule has 25 heavy (non-hydrogen) atoms. The zero-order valence-electron chi connectivity index (χ0n) is 15.5. The Morgan fingerprint density at radius 2 is 1.88 bits per heavy atom. The molecule has 0 spiro atoms. The van der Waals surface area contributed by atoms with E-state index in [9.17, 15) is 9.59 Å². The fraction of sp³-hybridized carbons (Fsp3) is 0.765. The van der Waals surface area contributed by atoms with Crippen LogP contribution in [0.3, 0.4) is 0 Å². The van der Waals surface area contributed by atoms with E-state index < -0.39 is 0 Å². The van der Waals surface area contributed by atoms with E-state index in [1.807, 2.05) is 27.8 Å². The Morgan fingerprint density at radius 1 is 1.20 bits per heavy atom. The van der Waals surface area contributed by atoms with Crippen LogP contribution in [0.4, 0.5) is 0 Å². The first-order chi connectivity index (χ1) is 11.8. The second kappa shape index (κ2) is 6.74. The minimum atomic E-state index is -0.224. The summed E-state index contributed by atoms with van der Waals surface area (Å²) in [5.41, 5.74) is -0.197. The van der Waals surface area contributed by atoms with Crippen LogP contribution in [0.25, 0.3) is 0 Å². The van der Waals surface area contributed by atoms with Gasteiger partial charge in [-0.15, -0.1) is 5.10 Å². The smallest absolute Gasteiger partial charge is 0.291 e. The van der Waals surface area contributed by atoms with Crippen molar-refractivity contribution in [1.29, 1.82) is 0 Å². The zero-order valence-corrected chi connectivity index (χ0v) is 15.5. The summed E-state index contributed by atoms with van der Waals surface area (Å²) >= 11 is 0. The molecule has 0 aliphatic carbocycles. The fourth-order valence-corrected chi connectivity index (χ4v) is 3.44. The van der Waals surface area contributed by atoms with Gasteiger partial charge in [0.15, 0.2) is 0 Å². The molecule has 0 bridgehead atoms. The standard InChI is InChI=1S/C17H28N6O2/c1-17(2,3)23-11-18-14(20-23)15(24)19-12-5-9-22(10-6-12)13-7-8-21(4)16(13)25/h11-13H,5-10H2,1-4H3,(H,19,24)/t13-/m1/s1. The topological polar surface area (TPSA) is 83.4 Å². The molecule has 0 radical (unpaired) electrons. The van der Waals surface area contributed by atoms with Crippen LogP contribution in [0.2, 0.25) is 0 Å². The number of hydrogen-bond donors (Lipinski definition) is 1. The van der Waals surface area contributed by atoms with Crippen molar-refractivity contribution in [3.8, 4) is 0 Å². The van der Waals surface area contributed by atoms with Crippen LogP contribution in [-0.2, 0) is 10.3 Å². The molecule has 0 aromatic carbocycles. The van der Waals surface area contributed by atoms with Gasteiger partial charge < -0.3 is 10.2 Å². The van der Waals surface area contributed by atoms with Gasteiger partial charge in [-0.05, 0) is 40.0 Å². The second-order valence-electron chi connectivity index (χ2n) is 8.03. The predicted octanol–water partition coefficient (Wildman–Crippen LogP) is 0.458. The number of amides is 2. The van der Waals surface area contributed by atoms with Crippen molar-refractivity contribution in [2.24, 2.45) is 0 Å². The van der Waals surface area contributed by atoms with Gasteiger partial charge in [0.25, 0.3) is 5.91 Å². The highest BCUT2D eigenvalue weighted by Crippen LogP contribution is 2.21. The third kappa shape index (κ3) is 3.84. The Balaban J connectivity index is 1.51. The maximum Gasteiger partial charge on any atom is 0.291 e. The minimum absolute atomic E-state index is 0.0193. The molecular formula is C17H28N6O2. The van der Waals surface area contributed by atoms with Gasteiger partial charge in [-0.3, -0.25) is 14.5 Å². The number of nitrogens with zero attached hydrogens (tertiary/aromatic N) is 5. The number of hydrogen-bond acceptors (Lipinski definition) is 5. The molecule has 138 valence electrons. The maximum atomic E-state index is 12.4. The summed E-state index contributed by atoms with van der Waals surface area (Å²) in [6.45, 7) is 8.54. The van der Waals surface area contributed by atoms with E-state index in [0.717, 1.165) is 38.9 Å². The van der Waals surface area contributed by atoms with Crippen molar-refractivity contribution in [2.45, 2.75) is 57.7 Å². The summed E-state index contributed by atoms with van der Waals surface area (Å²) in [6.07, 6.45) is 4.19. The third-order valence-electron chi connectivity index (χ3n) is 5.09. The molecule has 1 N–H and O–H groups in total. The Morgan fingerprint density at radius 3 is 2.40 bits per heavy atom. The van der Waals surface area contributed by atoms with Crippen molar-refractivity contribution in [2.75, 3.05) is 26.7 Å². The van der Waals surface area contributed by atoms with Crippen LogP contribution in [0.1, 0.15) is 50.7 Å². The first kappa shape index (κ1) is 17.8. The first-order valence-electron chi connectivity index (χ1n) is 8.98. The van der Waals surface area contributed by atoms with E-state index in [-0.39, 0.29) is 35.3 Å². The minimum Gasteiger partial charge on any atom is -0.346 e. The molecule has 2 aliphatic heterocycles. The summed E-state index contributed by atoms with van der Waals surface area (Å²) in [5, 5.41) is 7.31. The summed E-state index contributed by atoms with van der Waals surface area (Å²) in [5.74, 6) is 0.211. The van der Waals surface area contributed by atoms with Gasteiger partial charge in [-0.2, -0.15) is 0 Å². The van der Waals surface area contributed by atoms with Crippen LogP contribution in [0.15, 0.2) is 6.33 Å². The number of carbonyl (C=O) groups excluding carboxylic acids is 2. The third-order valence-corrected chi connectivity index (χ3v) is 5.09. The van der Waals surface area contributed by atoms with Gasteiger partial charge in [0.05, 0.1) is 11.6 Å². The van der Waals surface area contributed by atoms with E-state index in [1.54, 1.807) is 15.9 Å². The molecule has 8 heteroatoms. The first-order valence-corrected chi connectivity index (χ1v) is 8.98. The number of rotatable bonds is 3. The van der Waals surface area contributed by atoms with Gasteiger partial charge in [0.2, 0.25) is 11.7 Å². The van der Waals surface area contributed by atoms with Gasteiger partial charge in [0.1, 0.15) is 6.33 Å². The Bertz CT molecular complexity index is 642. The normalized spacial score (nSPS) is 23.3. The molecule has 3 rings (SSSR count). The molecule has 1 atom stereocenters. The lowest BCUT2D eigenvalue weighted by Gasteiger charge is -2.35. The van der Waals surface area contributed by atoms with E-state index in [2.05, 4.69) is 20.3 Å². The van der Waals surface area contributed by atoms with Crippen molar-refractivity contribution in [3.05, 3.63) is 12.2 Å². The molecule has 0 saturated carbocycles. The number of aromatic nitrogens is 3. The van der Waals surface area contributed by atoms with E-state index in [1.165, 1.54) is 0 Å². The van der Waals surface area contributed by atoms with Gasteiger partial charge >= 0.3 is 0 Å². The number of nitrogens with one attached hydrogen (secondary N) is 1. The highest BCUT2D eigenvalue weighted by Gasteiger charge is 2.36. The van der Waals surface area contributed by atoms with E-state index >= 15 is 0 Å². The average molecular weight is 348 g/mol. The van der Waals surface area contributed by atoms with Crippen LogP contribution in [0, 0.1) is 0 Å². The summed E-state index contributed by atoms with van der Waals surface area (Å²) < 4.78 is 1.70. The lowest BCUT2D eigenvalue weighted by atomic mass is 10.0. The Hall–Kier alpha value is -1.96. The highest BCUT2D eigenvalue weighted by molar-refractivity contribution is 5.90. The highest BCUT2D eigenvalue weighted by atomic mass is 16.2. The van der Waals surface area contributed by atoms with Crippen molar-refractivity contribution < 1.29 is 9.59 Å². The van der Waals surface area contributed by atoms with Crippen molar-refractivity contribution >= 4 is 11.8 Å². The quantitative estimate of drug-likeness (QED) is 0.858. The molecule has 1 aromatic heterocycles. The lowest BCUT2D eigenvalue weighted by molar-refractivity contribution is -0.131. The largest absolute Gasteiger partial charge is 0.346 e. The molecule has 2 saturated heterocycles. The summed E-state index contributed by atoms with van der Waals surface area (Å²) in [4.78, 5) is 32.7. The SMILES string of the molecule is CN1CC[C@@H](N2CCC(NC(=O)c3ncn(C(C)(C)C)n3)CC2)C1=O. The van der Waals surface area contributed by atoms with Gasteiger partial charge in [-0.1, -0.05) is 0 Å². The maximum absolute atomic E-state index is 12.4. The van der Waals surface area contributed by atoms with Gasteiger partial charge in [0, 0.05) is 32.7 Å². The molecule has 2 fully saturated rings. The number of likely N-dealkylation sites (tertiary alicyclic amines) is 2. The fourth-order valence-electron chi connectivity index (χ4n) is 3.44. The molecule has 2 amide bonds. The Kier molecular flexibility index (Phi) is 4.81. The van der Waals surface area contributed by atoms with Gasteiger partial charge in [-0.25, -0.2) is 9.67 Å². The second-order valence-corrected chi connectivity index (χ2v) is 8.03. The molecule has 3 heterocycles. The average Bonchev–Trinajstić information content (AvgIpc) is 3.17. The van der Waals surface area contributed by atoms with E-state index in [0.29, 0.717) is 0 Å². The molecule has 0 unspecified atom stereocenters.